The van der Waals surface area contributed by atoms with Crippen LogP contribution in [0, 0.1) is 0 Å². The standard InChI is InChI=1S/C17H22N2O8/c20-14(21)9-18(10-15(22)23)6-7-19(11-16(24)25)13(17(26)27)8-12-4-2-1-3-5-12/h1-5,13H,6-11H2,(H,20,21)(H,22,23)(H,24,25)(H,26,27)/t13-/m0/s1. The second kappa shape index (κ2) is 10.9. The molecule has 0 aliphatic carbocycles. The van der Waals surface area contributed by atoms with Crippen LogP contribution in [-0.2, 0) is 25.6 Å². The zero-order valence-corrected chi connectivity index (χ0v) is 14.5. The van der Waals surface area contributed by atoms with Gasteiger partial charge in [-0.3, -0.25) is 29.0 Å². The summed E-state index contributed by atoms with van der Waals surface area (Å²) in [6.45, 7) is -1.90. The fourth-order valence-corrected chi connectivity index (χ4v) is 2.60. The highest BCUT2D eigenvalue weighted by Gasteiger charge is 2.28. The van der Waals surface area contributed by atoms with Crippen LogP contribution in [0.4, 0.5) is 0 Å². The predicted molar refractivity (Wildman–Crippen MR) is 92.5 cm³/mol. The molecule has 1 aromatic carbocycles. The smallest absolute Gasteiger partial charge is 0.321 e. The van der Waals surface area contributed by atoms with Crippen molar-refractivity contribution in [2.45, 2.75) is 12.5 Å². The Kier molecular flexibility index (Phi) is 8.90. The lowest BCUT2D eigenvalue weighted by molar-refractivity contribution is -0.148. The first kappa shape index (κ1) is 22.1. The van der Waals surface area contributed by atoms with Gasteiger partial charge in [-0.2, -0.15) is 0 Å². The topological polar surface area (TPSA) is 156 Å². The maximum Gasteiger partial charge on any atom is 0.321 e. The Labute approximate surface area is 155 Å². The van der Waals surface area contributed by atoms with Crippen molar-refractivity contribution in [1.29, 1.82) is 0 Å². The zero-order valence-electron chi connectivity index (χ0n) is 14.5. The number of benzene rings is 1. The SMILES string of the molecule is O=C(O)CN(CCN(CC(=O)O)[C@@H](Cc1ccccc1)C(=O)O)CC(=O)O. The second-order valence-corrected chi connectivity index (χ2v) is 5.91. The molecule has 0 unspecified atom stereocenters. The quantitative estimate of drug-likeness (QED) is 0.352. The molecule has 0 saturated heterocycles. The number of rotatable bonds is 13. The highest BCUT2D eigenvalue weighted by Crippen LogP contribution is 2.10. The van der Waals surface area contributed by atoms with Gasteiger partial charge >= 0.3 is 23.9 Å². The van der Waals surface area contributed by atoms with E-state index in [1.807, 2.05) is 0 Å². The van der Waals surface area contributed by atoms with Crippen molar-refractivity contribution in [3.63, 3.8) is 0 Å². The van der Waals surface area contributed by atoms with Gasteiger partial charge in [0, 0.05) is 13.1 Å². The van der Waals surface area contributed by atoms with Crippen molar-refractivity contribution in [2.75, 3.05) is 32.7 Å². The molecule has 1 aromatic rings. The summed E-state index contributed by atoms with van der Waals surface area (Å²) in [4.78, 5) is 46.9. The molecule has 4 N–H and O–H groups in total. The number of carboxylic acid groups (broad SMARTS) is 4. The Morgan fingerprint density at radius 2 is 1.30 bits per heavy atom. The van der Waals surface area contributed by atoms with E-state index in [-0.39, 0.29) is 19.5 Å². The van der Waals surface area contributed by atoms with Crippen LogP contribution in [0.25, 0.3) is 0 Å². The fourth-order valence-electron chi connectivity index (χ4n) is 2.60. The molecule has 1 atom stereocenters. The first-order chi connectivity index (χ1) is 12.7. The molecule has 0 fully saturated rings. The molecular weight excluding hydrogens is 360 g/mol. The maximum atomic E-state index is 11.7. The molecule has 1 rings (SSSR count). The lowest BCUT2D eigenvalue weighted by Gasteiger charge is -2.29. The van der Waals surface area contributed by atoms with Gasteiger partial charge in [-0.25, -0.2) is 0 Å². The van der Waals surface area contributed by atoms with Gasteiger partial charge in [0.1, 0.15) is 6.04 Å². The van der Waals surface area contributed by atoms with Gasteiger partial charge in [0.05, 0.1) is 19.6 Å². The van der Waals surface area contributed by atoms with Crippen molar-refractivity contribution in [1.82, 2.24) is 9.80 Å². The summed E-state index contributed by atoms with van der Waals surface area (Å²) in [6.07, 6.45) is 0.0569. The molecule has 10 nitrogen and oxygen atoms in total. The minimum Gasteiger partial charge on any atom is -0.480 e. The van der Waals surface area contributed by atoms with Crippen LogP contribution in [0.15, 0.2) is 30.3 Å². The number of carboxylic acids is 4. The number of aliphatic carboxylic acids is 4. The number of hydrogen-bond donors (Lipinski definition) is 4. The van der Waals surface area contributed by atoms with E-state index in [1.54, 1.807) is 30.3 Å². The molecule has 10 heteroatoms. The van der Waals surface area contributed by atoms with Crippen molar-refractivity contribution >= 4 is 23.9 Å². The van der Waals surface area contributed by atoms with Gasteiger partial charge in [0.25, 0.3) is 0 Å². The molecule has 0 aromatic heterocycles. The summed E-state index contributed by atoms with van der Waals surface area (Å²) < 4.78 is 0. The summed E-state index contributed by atoms with van der Waals surface area (Å²) >= 11 is 0. The third kappa shape index (κ3) is 8.79. The van der Waals surface area contributed by atoms with Gasteiger partial charge in [0.15, 0.2) is 0 Å². The van der Waals surface area contributed by atoms with Crippen LogP contribution in [0.1, 0.15) is 5.56 Å². The summed E-state index contributed by atoms with van der Waals surface area (Å²) in [5.74, 6) is -4.93. The lowest BCUT2D eigenvalue weighted by atomic mass is 10.0. The number of carbonyl (C=O) groups is 4. The Bertz CT molecular complexity index is 648. The number of hydrogen-bond acceptors (Lipinski definition) is 6. The summed E-state index contributed by atoms with van der Waals surface area (Å²) in [6, 6.07) is 7.52. The lowest BCUT2D eigenvalue weighted by Crippen LogP contribution is -2.49. The van der Waals surface area contributed by atoms with Gasteiger partial charge in [-0.1, -0.05) is 30.3 Å². The predicted octanol–water partition coefficient (Wildman–Crippen LogP) is -0.460. The molecule has 0 heterocycles. The third-order valence-electron chi connectivity index (χ3n) is 3.76. The largest absolute Gasteiger partial charge is 0.480 e. The minimum absolute atomic E-state index is 0.0569. The Morgan fingerprint density at radius 1 is 0.778 bits per heavy atom. The van der Waals surface area contributed by atoms with E-state index in [4.69, 9.17) is 15.3 Å². The molecule has 148 valence electrons. The highest BCUT2D eigenvalue weighted by molar-refractivity contribution is 5.76. The average molecular weight is 382 g/mol. The summed E-state index contributed by atoms with van der Waals surface area (Å²) in [5.41, 5.74) is 0.702. The van der Waals surface area contributed by atoms with Gasteiger partial charge in [0.2, 0.25) is 0 Å². The summed E-state index contributed by atoms with van der Waals surface area (Å²) in [5, 5.41) is 36.4. The van der Waals surface area contributed by atoms with Gasteiger partial charge < -0.3 is 20.4 Å². The zero-order chi connectivity index (χ0) is 20.4. The van der Waals surface area contributed by atoms with E-state index >= 15 is 0 Å². The molecule has 0 spiro atoms. The number of nitrogens with zero attached hydrogens (tertiary/aromatic N) is 2. The molecule has 0 aliphatic rings. The minimum atomic E-state index is -1.24. The van der Waals surface area contributed by atoms with E-state index in [0.717, 1.165) is 4.90 Å². The van der Waals surface area contributed by atoms with E-state index in [0.29, 0.717) is 5.56 Å². The molecule has 27 heavy (non-hydrogen) atoms. The van der Waals surface area contributed by atoms with Crippen molar-refractivity contribution in [3.8, 4) is 0 Å². The van der Waals surface area contributed by atoms with E-state index < -0.39 is 49.6 Å². The monoisotopic (exact) mass is 382 g/mol. The van der Waals surface area contributed by atoms with Crippen LogP contribution in [-0.4, -0.2) is 92.9 Å². The van der Waals surface area contributed by atoms with Crippen LogP contribution in [0.2, 0.25) is 0 Å². The maximum absolute atomic E-state index is 11.7. The molecule has 0 aliphatic heterocycles. The average Bonchev–Trinajstić information content (AvgIpc) is 2.55. The van der Waals surface area contributed by atoms with Crippen LogP contribution < -0.4 is 0 Å². The molecule has 0 saturated carbocycles. The van der Waals surface area contributed by atoms with Crippen molar-refractivity contribution in [3.05, 3.63) is 35.9 Å². The molecule has 0 amide bonds. The first-order valence-electron chi connectivity index (χ1n) is 8.07. The molecule has 0 radical (unpaired) electrons. The van der Waals surface area contributed by atoms with E-state index in [2.05, 4.69) is 0 Å². The second-order valence-electron chi connectivity index (χ2n) is 5.91. The third-order valence-corrected chi connectivity index (χ3v) is 3.76. The normalized spacial score (nSPS) is 12.1. The molecule has 0 bridgehead atoms. The Morgan fingerprint density at radius 3 is 1.74 bits per heavy atom. The van der Waals surface area contributed by atoms with Gasteiger partial charge in [-0.05, 0) is 12.0 Å². The summed E-state index contributed by atoms with van der Waals surface area (Å²) in [7, 11) is 0. The fraction of sp³-hybridized carbons (Fsp3) is 0.412. The Hall–Kier alpha value is -2.98. The van der Waals surface area contributed by atoms with Crippen molar-refractivity contribution < 1.29 is 39.6 Å². The van der Waals surface area contributed by atoms with Crippen LogP contribution >= 0.6 is 0 Å². The first-order valence-corrected chi connectivity index (χ1v) is 8.07. The van der Waals surface area contributed by atoms with E-state index in [1.165, 1.54) is 4.90 Å². The highest BCUT2D eigenvalue weighted by atomic mass is 16.4. The van der Waals surface area contributed by atoms with Crippen molar-refractivity contribution in [2.24, 2.45) is 0 Å². The van der Waals surface area contributed by atoms with E-state index in [9.17, 15) is 24.3 Å². The Balaban J connectivity index is 2.92. The van der Waals surface area contributed by atoms with Crippen LogP contribution in [0.5, 0.6) is 0 Å². The van der Waals surface area contributed by atoms with Gasteiger partial charge in [-0.15, -0.1) is 0 Å². The molecular formula is C17H22N2O8. The van der Waals surface area contributed by atoms with Crippen LogP contribution in [0.3, 0.4) is 0 Å².